The molecule has 4 atom stereocenters. The third-order valence-corrected chi connectivity index (χ3v) is 8.59. The van der Waals surface area contributed by atoms with Crippen molar-refractivity contribution in [3.8, 4) is 0 Å². The van der Waals surface area contributed by atoms with Gasteiger partial charge in [0.15, 0.2) is 0 Å². The number of benzene rings is 2. The van der Waals surface area contributed by atoms with E-state index >= 15 is 0 Å². The van der Waals surface area contributed by atoms with Gasteiger partial charge in [0.1, 0.15) is 6.17 Å². The molecule has 0 spiro atoms. The zero-order valence-electron chi connectivity index (χ0n) is 19.6. The number of nitrogens with zero attached hydrogens (tertiary/aromatic N) is 2. The van der Waals surface area contributed by atoms with Crippen LogP contribution in [0.3, 0.4) is 0 Å². The van der Waals surface area contributed by atoms with Crippen LogP contribution in [-0.2, 0) is 0 Å². The molecular weight excluding hydrogens is 364 g/mol. The van der Waals surface area contributed by atoms with Crippen molar-refractivity contribution in [3.63, 3.8) is 0 Å². The van der Waals surface area contributed by atoms with Gasteiger partial charge < -0.3 is 9.80 Å². The predicted molar refractivity (Wildman–Crippen MR) is 126 cm³/mol. The van der Waals surface area contributed by atoms with Crippen LogP contribution < -0.4 is 9.80 Å². The van der Waals surface area contributed by atoms with Gasteiger partial charge in [-0.05, 0) is 74.6 Å². The molecule has 6 rings (SSSR count). The van der Waals surface area contributed by atoms with Gasteiger partial charge in [0.2, 0.25) is 0 Å². The monoisotopic (exact) mass is 401 g/mol. The largest absolute Gasteiger partial charge is 0.346 e. The van der Waals surface area contributed by atoms with Crippen LogP contribution in [0, 0.1) is 18.8 Å². The van der Waals surface area contributed by atoms with Gasteiger partial charge in [-0.15, -0.1) is 0 Å². The van der Waals surface area contributed by atoms with Crippen LogP contribution >= 0.6 is 0 Å². The zero-order valence-corrected chi connectivity index (χ0v) is 18.6. The third kappa shape index (κ3) is 2.68. The molecule has 2 aliphatic carbocycles. The summed E-state index contributed by atoms with van der Waals surface area (Å²) in [5.74, 6) is 0.666. The topological polar surface area (TPSA) is 6.48 Å². The van der Waals surface area contributed by atoms with Gasteiger partial charge in [0, 0.05) is 24.7 Å². The smallest absolute Gasteiger partial charge is 0.105 e. The molecule has 0 aromatic heterocycles. The van der Waals surface area contributed by atoms with Crippen LogP contribution in [0.4, 0.5) is 11.4 Å². The lowest BCUT2D eigenvalue weighted by Crippen LogP contribution is -2.45. The van der Waals surface area contributed by atoms with Crippen LogP contribution in [0.2, 0.25) is 0 Å². The second kappa shape index (κ2) is 7.32. The lowest BCUT2D eigenvalue weighted by molar-refractivity contribution is 0.372. The Morgan fingerprint density at radius 1 is 0.767 bits per heavy atom. The van der Waals surface area contributed by atoms with Gasteiger partial charge in [0.25, 0.3) is 0 Å². The van der Waals surface area contributed by atoms with Crippen molar-refractivity contribution in [1.29, 1.82) is 0 Å². The minimum absolute atomic E-state index is 0.234. The molecule has 2 aromatic rings. The first-order valence-electron chi connectivity index (χ1n) is 12.8. The summed E-state index contributed by atoms with van der Waals surface area (Å²) < 4.78 is 10.1. The Labute approximate surface area is 183 Å². The molecule has 0 N–H and O–H groups in total. The van der Waals surface area contributed by atoms with E-state index in [4.69, 9.17) is 0 Å². The Morgan fingerprint density at radius 3 is 2.07 bits per heavy atom. The standard InChI is InChI=1S/C28H36N2/c1-19-11-3-9-17-24(19)29-20(2)27-26(21-12-4-5-13-21)23-16-8-10-18-25(23)30(27)28(29)22-14-6-7-15-22/h3,8-11,16-18,20-22,26-28H,4-7,12-15H2,1-2H3/t20-,26?,27?,28?/m0/s1/i26D. The summed E-state index contributed by atoms with van der Waals surface area (Å²) in [4.78, 5) is 5.48. The minimum atomic E-state index is -0.499. The molecular formula is C28H36N2. The van der Waals surface area contributed by atoms with Crippen molar-refractivity contribution in [2.75, 3.05) is 9.80 Å². The molecule has 158 valence electrons. The third-order valence-electron chi connectivity index (χ3n) is 8.59. The summed E-state index contributed by atoms with van der Waals surface area (Å²) >= 11 is 0. The van der Waals surface area contributed by atoms with E-state index in [1.54, 1.807) is 0 Å². The van der Waals surface area contributed by atoms with Crippen molar-refractivity contribution in [1.82, 2.24) is 0 Å². The molecule has 0 bridgehead atoms. The van der Waals surface area contributed by atoms with E-state index < -0.39 is 5.89 Å². The normalized spacial score (nSPS) is 34.5. The predicted octanol–water partition coefficient (Wildman–Crippen LogP) is 6.88. The highest BCUT2D eigenvalue weighted by molar-refractivity contribution is 5.70. The molecule has 0 amide bonds. The fourth-order valence-electron chi connectivity index (χ4n) is 7.35. The van der Waals surface area contributed by atoms with E-state index in [9.17, 15) is 1.37 Å². The maximum Gasteiger partial charge on any atom is 0.105 e. The molecule has 3 unspecified atom stereocenters. The van der Waals surface area contributed by atoms with Gasteiger partial charge in [-0.3, -0.25) is 0 Å². The number of aryl methyl sites for hydroxylation is 1. The first-order valence-corrected chi connectivity index (χ1v) is 12.3. The van der Waals surface area contributed by atoms with Crippen LogP contribution in [0.25, 0.3) is 0 Å². The first-order chi connectivity index (χ1) is 15.1. The summed E-state index contributed by atoms with van der Waals surface area (Å²) in [6.45, 7) is 4.68. The summed E-state index contributed by atoms with van der Waals surface area (Å²) in [5.41, 5.74) is 5.41. The quantitative estimate of drug-likeness (QED) is 0.553. The number of fused-ring (bicyclic) bond motifs is 3. The highest BCUT2D eigenvalue weighted by Crippen LogP contribution is 2.57. The van der Waals surface area contributed by atoms with Gasteiger partial charge in [-0.1, -0.05) is 62.1 Å². The number of hydrogen-bond acceptors (Lipinski definition) is 2. The molecule has 1 saturated heterocycles. The van der Waals surface area contributed by atoms with E-state index in [-0.39, 0.29) is 6.04 Å². The Hall–Kier alpha value is -1.96. The first kappa shape index (κ1) is 17.7. The number of anilines is 2. The summed E-state index contributed by atoms with van der Waals surface area (Å²) in [6.07, 6.45) is 10.7. The van der Waals surface area contributed by atoms with E-state index in [1.807, 2.05) is 0 Å². The second-order valence-corrected chi connectivity index (χ2v) is 10.2. The average molecular weight is 402 g/mol. The molecule has 30 heavy (non-hydrogen) atoms. The van der Waals surface area contributed by atoms with E-state index in [0.29, 0.717) is 24.0 Å². The second-order valence-electron chi connectivity index (χ2n) is 10.2. The number of para-hydroxylation sites is 2. The molecule has 2 saturated carbocycles. The maximum atomic E-state index is 10.1. The number of hydrogen-bond donors (Lipinski definition) is 0. The lowest BCUT2D eigenvalue weighted by Gasteiger charge is -2.38. The van der Waals surface area contributed by atoms with Crippen LogP contribution in [0.1, 0.15) is 76.7 Å². The molecule has 2 aliphatic heterocycles. The average Bonchev–Trinajstić information content (AvgIpc) is 3.56. The Bertz CT molecular complexity index is 961. The molecule has 2 nitrogen and oxygen atoms in total. The SMILES string of the molecule is [2H]C1(C2CCCC2)c2ccccc2N2C(C3CCCC3)N(c3ccccc3C)[C@@H](C)C21. The van der Waals surface area contributed by atoms with E-state index in [2.05, 4.69) is 72.2 Å². The van der Waals surface area contributed by atoms with Gasteiger partial charge in [0.05, 0.1) is 6.04 Å². The van der Waals surface area contributed by atoms with Crippen LogP contribution in [-0.4, -0.2) is 18.2 Å². The van der Waals surface area contributed by atoms with Crippen molar-refractivity contribution >= 4 is 11.4 Å². The maximum absolute atomic E-state index is 10.1. The highest BCUT2D eigenvalue weighted by atomic mass is 15.5. The van der Waals surface area contributed by atoms with Crippen molar-refractivity contribution in [2.24, 2.45) is 11.8 Å². The summed E-state index contributed by atoms with van der Waals surface area (Å²) in [5, 5.41) is 0. The fraction of sp³-hybridized carbons (Fsp3) is 0.571. The molecule has 4 aliphatic rings. The van der Waals surface area contributed by atoms with E-state index in [0.717, 1.165) is 0 Å². The molecule has 2 heteroatoms. The zero-order chi connectivity index (χ0) is 21.2. The minimum Gasteiger partial charge on any atom is -0.346 e. The summed E-state index contributed by atoms with van der Waals surface area (Å²) in [6, 6.07) is 18.5. The molecule has 2 aromatic carbocycles. The molecule has 3 fully saturated rings. The molecule has 0 radical (unpaired) electrons. The van der Waals surface area contributed by atoms with Crippen molar-refractivity contribution in [2.45, 2.75) is 89.4 Å². The highest BCUT2D eigenvalue weighted by Gasteiger charge is 2.57. The number of rotatable bonds is 3. The molecule has 2 heterocycles. The van der Waals surface area contributed by atoms with E-state index in [1.165, 1.54) is 73.9 Å². The Kier molecular flexibility index (Phi) is 4.32. The fourth-order valence-corrected chi connectivity index (χ4v) is 7.35. The Morgan fingerprint density at radius 2 is 1.37 bits per heavy atom. The lowest BCUT2D eigenvalue weighted by atomic mass is 9.79. The Balaban J connectivity index is 1.54. The van der Waals surface area contributed by atoms with Crippen molar-refractivity contribution in [3.05, 3.63) is 59.7 Å². The van der Waals surface area contributed by atoms with Gasteiger partial charge in [-0.25, -0.2) is 0 Å². The summed E-state index contributed by atoms with van der Waals surface area (Å²) in [7, 11) is 0. The van der Waals surface area contributed by atoms with Crippen LogP contribution in [0.15, 0.2) is 48.5 Å². The van der Waals surface area contributed by atoms with Gasteiger partial charge >= 0.3 is 0 Å². The van der Waals surface area contributed by atoms with Crippen LogP contribution in [0.5, 0.6) is 0 Å². The van der Waals surface area contributed by atoms with Gasteiger partial charge in [-0.2, -0.15) is 0 Å². The van der Waals surface area contributed by atoms with Crippen molar-refractivity contribution < 1.29 is 1.37 Å².